The van der Waals surface area contributed by atoms with Gasteiger partial charge >= 0.3 is 0 Å². The highest BCUT2D eigenvalue weighted by molar-refractivity contribution is 7.92. The summed E-state index contributed by atoms with van der Waals surface area (Å²) in [5.41, 5.74) is 2.22. The third-order valence-corrected chi connectivity index (χ3v) is 6.83. The first-order valence-electron chi connectivity index (χ1n) is 10.4. The van der Waals surface area contributed by atoms with Crippen LogP contribution in [0, 0.1) is 19.8 Å². The fraction of sp³-hybridized carbons (Fsp3) is 0.435. The predicted octanol–water partition coefficient (Wildman–Crippen LogP) is 3.52. The molecule has 1 fully saturated rings. The van der Waals surface area contributed by atoms with Crippen LogP contribution in [-0.2, 0) is 10.0 Å². The maximum absolute atomic E-state index is 13.2. The molecule has 30 heavy (non-hydrogen) atoms. The van der Waals surface area contributed by atoms with Crippen molar-refractivity contribution < 1.29 is 13.2 Å². The van der Waals surface area contributed by atoms with Gasteiger partial charge in [-0.25, -0.2) is 8.42 Å². The summed E-state index contributed by atoms with van der Waals surface area (Å²) < 4.78 is 28.7. The van der Waals surface area contributed by atoms with Gasteiger partial charge in [-0.05, 0) is 49.1 Å². The average Bonchev–Trinajstić information content (AvgIpc) is 2.69. The van der Waals surface area contributed by atoms with Gasteiger partial charge in [-0.1, -0.05) is 38.1 Å². The van der Waals surface area contributed by atoms with Crippen LogP contribution < -0.4 is 4.72 Å². The molecule has 0 unspecified atom stereocenters. The largest absolute Gasteiger partial charge is 0.336 e. The second-order valence-corrected chi connectivity index (χ2v) is 10.1. The lowest BCUT2D eigenvalue weighted by Crippen LogP contribution is -2.49. The van der Waals surface area contributed by atoms with E-state index in [9.17, 15) is 13.2 Å². The molecule has 1 heterocycles. The van der Waals surface area contributed by atoms with Crippen molar-refractivity contribution in [2.75, 3.05) is 37.4 Å². The molecule has 0 spiro atoms. The minimum Gasteiger partial charge on any atom is -0.336 e. The van der Waals surface area contributed by atoms with Crippen molar-refractivity contribution in [2.24, 2.45) is 5.92 Å². The van der Waals surface area contributed by atoms with E-state index in [2.05, 4.69) is 23.5 Å². The number of carbonyl (C=O) groups excluding carboxylic acids is 1. The molecule has 0 saturated carbocycles. The number of carbonyl (C=O) groups is 1. The van der Waals surface area contributed by atoms with Gasteiger partial charge in [0.2, 0.25) is 0 Å². The van der Waals surface area contributed by atoms with Crippen molar-refractivity contribution in [3.63, 3.8) is 0 Å². The minimum atomic E-state index is -3.80. The summed E-state index contributed by atoms with van der Waals surface area (Å²) in [5, 5.41) is 0. The van der Waals surface area contributed by atoms with E-state index in [0.29, 0.717) is 35.8 Å². The highest BCUT2D eigenvalue weighted by Crippen LogP contribution is 2.24. The fourth-order valence-corrected chi connectivity index (χ4v) is 5.19. The van der Waals surface area contributed by atoms with E-state index in [0.717, 1.165) is 25.2 Å². The van der Waals surface area contributed by atoms with Crippen molar-refractivity contribution in [1.82, 2.24) is 9.80 Å². The Kier molecular flexibility index (Phi) is 6.83. The van der Waals surface area contributed by atoms with Crippen LogP contribution in [0.1, 0.15) is 35.3 Å². The van der Waals surface area contributed by atoms with Gasteiger partial charge in [0.05, 0.1) is 16.1 Å². The van der Waals surface area contributed by atoms with Gasteiger partial charge in [0.25, 0.3) is 15.9 Å². The molecular weight excluding hydrogens is 398 g/mol. The number of anilines is 1. The summed E-state index contributed by atoms with van der Waals surface area (Å²) in [6.07, 6.45) is 0. The Balaban J connectivity index is 1.79. The van der Waals surface area contributed by atoms with E-state index >= 15 is 0 Å². The second kappa shape index (κ2) is 9.18. The molecule has 6 nitrogen and oxygen atoms in total. The number of rotatable bonds is 6. The number of benzene rings is 2. The predicted molar refractivity (Wildman–Crippen MR) is 120 cm³/mol. The monoisotopic (exact) mass is 429 g/mol. The topological polar surface area (TPSA) is 69.7 Å². The zero-order chi connectivity index (χ0) is 21.9. The van der Waals surface area contributed by atoms with E-state index in [-0.39, 0.29) is 10.8 Å². The third kappa shape index (κ3) is 5.21. The molecule has 2 aromatic rings. The quantitative estimate of drug-likeness (QED) is 0.763. The Morgan fingerprint density at radius 1 is 1.03 bits per heavy atom. The first kappa shape index (κ1) is 22.3. The normalized spacial score (nSPS) is 15.4. The number of hydrogen-bond donors (Lipinski definition) is 1. The number of para-hydroxylation sites is 1. The number of hydrogen-bond acceptors (Lipinski definition) is 4. The van der Waals surface area contributed by atoms with Crippen LogP contribution in [0.25, 0.3) is 0 Å². The number of sulfonamides is 1. The number of nitrogens with zero attached hydrogens (tertiary/aromatic N) is 2. The van der Waals surface area contributed by atoms with Crippen molar-refractivity contribution >= 4 is 21.6 Å². The zero-order valence-electron chi connectivity index (χ0n) is 18.2. The molecule has 162 valence electrons. The van der Waals surface area contributed by atoms with E-state index in [4.69, 9.17) is 0 Å². The molecule has 7 heteroatoms. The second-order valence-electron chi connectivity index (χ2n) is 8.41. The lowest BCUT2D eigenvalue weighted by Gasteiger charge is -2.35. The molecule has 0 bridgehead atoms. The molecule has 0 atom stereocenters. The molecule has 2 aromatic carbocycles. The third-order valence-electron chi connectivity index (χ3n) is 5.32. The van der Waals surface area contributed by atoms with Gasteiger partial charge in [0, 0.05) is 32.7 Å². The van der Waals surface area contributed by atoms with E-state index in [1.807, 2.05) is 17.9 Å². The Hall–Kier alpha value is -2.38. The van der Waals surface area contributed by atoms with E-state index in [1.54, 1.807) is 43.3 Å². The molecule has 1 N–H and O–H groups in total. The molecule has 1 amide bonds. The van der Waals surface area contributed by atoms with Gasteiger partial charge in [-0.15, -0.1) is 0 Å². The smallest absolute Gasteiger partial charge is 0.262 e. The molecular formula is C23H31N3O3S. The Bertz CT molecular complexity index is 1010. The SMILES string of the molecule is Cc1ccc(C)c(S(=O)(=O)Nc2ccccc2C(=O)N2CCN(CC(C)C)CC2)c1. The van der Waals surface area contributed by atoms with E-state index in [1.165, 1.54) is 0 Å². The summed E-state index contributed by atoms with van der Waals surface area (Å²) >= 11 is 0. The summed E-state index contributed by atoms with van der Waals surface area (Å²) in [6, 6.07) is 12.1. The molecule has 0 aromatic heterocycles. The maximum atomic E-state index is 13.2. The summed E-state index contributed by atoms with van der Waals surface area (Å²) in [4.78, 5) is 17.6. The Morgan fingerprint density at radius 3 is 2.37 bits per heavy atom. The number of amides is 1. The Morgan fingerprint density at radius 2 is 1.70 bits per heavy atom. The first-order chi connectivity index (χ1) is 14.2. The molecule has 3 rings (SSSR count). The molecule has 0 aliphatic carbocycles. The number of aryl methyl sites for hydroxylation is 2. The highest BCUT2D eigenvalue weighted by atomic mass is 32.2. The lowest BCUT2D eigenvalue weighted by molar-refractivity contribution is 0.0625. The highest BCUT2D eigenvalue weighted by Gasteiger charge is 2.26. The van der Waals surface area contributed by atoms with Crippen LogP contribution in [-0.4, -0.2) is 56.8 Å². The van der Waals surface area contributed by atoms with Crippen molar-refractivity contribution in [3.05, 3.63) is 59.2 Å². The molecule has 1 saturated heterocycles. The van der Waals surface area contributed by atoms with Crippen molar-refractivity contribution in [2.45, 2.75) is 32.6 Å². The van der Waals surface area contributed by atoms with Crippen molar-refractivity contribution in [1.29, 1.82) is 0 Å². The van der Waals surface area contributed by atoms with Gasteiger partial charge in [0.15, 0.2) is 0 Å². The maximum Gasteiger partial charge on any atom is 0.262 e. The zero-order valence-corrected chi connectivity index (χ0v) is 19.0. The van der Waals surface area contributed by atoms with Gasteiger partial charge in [0.1, 0.15) is 0 Å². The number of piperazine rings is 1. The number of nitrogens with one attached hydrogen (secondary N) is 1. The minimum absolute atomic E-state index is 0.140. The fourth-order valence-electron chi connectivity index (χ4n) is 3.78. The van der Waals surface area contributed by atoms with Crippen molar-refractivity contribution in [3.8, 4) is 0 Å². The van der Waals surface area contributed by atoms with Crippen LogP contribution in [0.2, 0.25) is 0 Å². The lowest BCUT2D eigenvalue weighted by atomic mass is 10.1. The van der Waals surface area contributed by atoms with Crippen LogP contribution >= 0.6 is 0 Å². The van der Waals surface area contributed by atoms with Gasteiger partial charge < -0.3 is 4.90 Å². The molecule has 0 radical (unpaired) electrons. The molecule has 1 aliphatic heterocycles. The van der Waals surface area contributed by atoms with Crippen LogP contribution in [0.5, 0.6) is 0 Å². The van der Waals surface area contributed by atoms with Crippen LogP contribution in [0.4, 0.5) is 5.69 Å². The average molecular weight is 430 g/mol. The molecule has 1 aliphatic rings. The van der Waals surface area contributed by atoms with Crippen LogP contribution in [0.3, 0.4) is 0 Å². The first-order valence-corrected chi connectivity index (χ1v) is 11.9. The van der Waals surface area contributed by atoms with Gasteiger partial charge in [-0.2, -0.15) is 0 Å². The van der Waals surface area contributed by atoms with Gasteiger partial charge in [-0.3, -0.25) is 14.4 Å². The van der Waals surface area contributed by atoms with Crippen LogP contribution in [0.15, 0.2) is 47.4 Å². The Labute approximate surface area is 179 Å². The summed E-state index contributed by atoms with van der Waals surface area (Å²) in [5.74, 6) is 0.450. The summed E-state index contributed by atoms with van der Waals surface area (Å²) in [7, 11) is -3.80. The van der Waals surface area contributed by atoms with E-state index < -0.39 is 10.0 Å². The standard InChI is InChI=1S/C23H31N3O3S/c1-17(2)16-25-11-13-26(14-12-25)23(27)20-7-5-6-8-21(20)24-30(28,29)22-15-18(3)9-10-19(22)4/h5-10,15,17,24H,11-14,16H2,1-4H3. The summed E-state index contributed by atoms with van der Waals surface area (Å²) in [6.45, 7) is 12.0.